The molecule has 0 spiro atoms. The summed E-state index contributed by atoms with van der Waals surface area (Å²) < 4.78 is 76.5. The number of alkyl halides is 5. The number of imidazole rings is 1. The van der Waals surface area contributed by atoms with Gasteiger partial charge < -0.3 is 29.2 Å². The Kier molecular flexibility index (Phi) is 8.48. The second-order valence-electron chi connectivity index (χ2n) is 10.6. The van der Waals surface area contributed by atoms with Crippen LogP contribution in [0.1, 0.15) is 29.7 Å². The maximum atomic E-state index is 15.3. The number of aryl methyl sites for hydroxylation is 1. The molecule has 226 valence electrons. The highest BCUT2D eigenvalue weighted by atomic mass is 19.4. The highest BCUT2D eigenvalue weighted by Gasteiger charge is 2.33. The fourth-order valence-electron chi connectivity index (χ4n) is 5.27. The third-order valence-electron chi connectivity index (χ3n) is 7.28. The molecule has 1 saturated heterocycles. The number of hydrogen-bond acceptors (Lipinski definition) is 7. The zero-order chi connectivity index (χ0) is 30.0. The number of carbonyl (C=O) groups is 1. The summed E-state index contributed by atoms with van der Waals surface area (Å²) in [6, 6.07) is 5.88. The molecule has 3 atom stereocenters. The van der Waals surface area contributed by atoms with Crippen LogP contribution in [0.5, 0.6) is 0 Å². The summed E-state index contributed by atoms with van der Waals surface area (Å²) in [5.41, 5.74) is 0.875. The van der Waals surface area contributed by atoms with Crippen molar-refractivity contribution in [3.05, 3.63) is 48.4 Å². The molecule has 5 rings (SSSR count). The molecule has 15 heteroatoms. The van der Waals surface area contributed by atoms with E-state index in [1.54, 1.807) is 18.2 Å². The van der Waals surface area contributed by atoms with E-state index in [-0.39, 0.29) is 47.6 Å². The largest absolute Gasteiger partial charge is 0.406 e. The SMILES string of the molecule is CC1CN(C)CC[C@@H](Nc2cccc3c2cc(-c2noc(CNC(=O)c4cn(CCF)cn4)n2)n3CC(F)(F)F)[C@H]1F. The summed E-state index contributed by atoms with van der Waals surface area (Å²) in [5.74, 6) is -0.936. The van der Waals surface area contributed by atoms with Crippen molar-refractivity contribution in [1.29, 1.82) is 0 Å². The minimum atomic E-state index is -4.55. The van der Waals surface area contributed by atoms with Gasteiger partial charge in [0, 0.05) is 29.7 Å². The molecule has 1 fully saturated rings. The number of benzene rings is 1. The molecule has 1 amide bonds. The van der Waals surface area contributed by atoms with E-state index in [0.717, 1.165) is 4.57 Å². The minimum absolute atomic E-state index is 0.0412. The van der Waals surface area contributed by atoms with Gasteiger partial charge >= 0.3 is 6.18 Å². The van der Waals surface area contributed by atoms with E-state index in [0.29, 0.717) is 30.6 Å². The van der Waals surface area contributed by atoms with Gasteiger partial charge in [0.2, 0.25) is 11.7 Å². The summed E-state index contributed by atoms with van der Waals surface area (Å²) in [5, 5.41) is 10.1. The number of hydrogen-bond donors (Lipinski definition) is 2. The highest BCUT2D eigenvalue weighted by molar-refractivity contribution is 5.96. The van der Waals surface area contributed by atoms with Gasteiger partial charge in [0.1, 0.15) is 25.1 Å². The molecule has 1 aliphatic rings. The number of fused-ring (bicyclic) bond motifs is 1. The molecule has 4 heterocycles. The van der Waals surface area contributed by atoms with Crippen molar-refractivity contribution < 1.29 is 31.3 Å². The Morgan fingerprint density at radius 2 is 2.07 bits per heavy atom. The van der Waals surface area contributed by atoms with Gasteiger partial charge in [-0.05, 0) is 38.2 Å². The standard InChI is InChI=1S/C27H31F5N8O2/c1-16-12-38(2)8-6-19(24(16)29)35-18-4-3-5-21-17(18)10-22(40(21)14-27(30,31)32)25-36-23(42-37-25)11-33-26(41)20-13-39(9-7-28)15-34-20/h3-5,10,13,15-16,19,24,35H,6-9,11-12,14H2,1-2H3,(H,33,41)/t16?,19-,24+/m1/s1. The van der Waals surface area contributed by atoms with Crippen molar-refractivity contribution in [3.63, 3.8) is 0 Å². The van der Waals surface area contributed by atoms with Gasteiger partial charge in [0.15, 0.2) is 0 Å². The molecule has 10 nitrogen and oxygen atoms in total. The summed E-state index contributed by atoms with van der Waals surface area (Å²) in [6.07, 6.45) is -2.46. The number of likely N-dealkylation sites (tertiary alicyclic amines) is 1. The number of amides is 1. The Morgan fingerprint density at radius 3 is 2.83 bits per heavy atom. The molecule has 1 unspecified atom stereocenters. The van der Waals surface area contributed by atoms with Gasteiger partial charge in [-0.15, -0.1) is 0 Å². The van der Waals surface area contributed by atoms with Crippen LogP contribution in [0, 0.1) is 5.92 Å². The summed E-state index contributed by atoms with van der Waals surface area (Å²) in [4.78, 5) is 22.6. The molecule has 0 saturated carbocycles. The molecular weight excluding hydrogens is 563 g/mol. The van der Waals surface area contributed by atoms with E-state index in [1.165, 1.54) is 23.2 Å². The van der Waals surface area contributed by atoms with Crippen LogP contribution in [-0.2, 0) is 19.6 Å². The van der Waals surface area contributed by atoms with E-state index in [1.807, 2.05) is 14.0 Å². The first kappa shape index (κ1) is 29.5. The molecule has 2 N–H and O–H groups in total. The molecular formula is C27H31F5N8O2. The van der Waals surface area contributed by atoms with Gasteiger partial charge in [0.05, 0.1) is 36.7 Å². The third-order valence-corrected chi connectivity index (χ3v) is 7.28. The molecule has 1 aliphatic heterocycles. The predicted molar refractivity (Wildman–Crippen MR) is 144 cm³/mol. The average molecular weight is 595 g/mol. The van der Waals surface area contributed by atoms with E-state index in [2.05, 4.69) is 30.7 Å². The number of nitrogens with one attached hydrogen (secondary N) is 2. The Balaban J connectivity index is 1.41. The topological polar surface area (TPSA) is 106 Å². The average Bonchev–Trinajstić information content (AvgIpc) is 3.66. The minimum Gasteiger partial charge on any atom is -0.379 e. The van der Waals surface area contributed by atoms with Gasteiger partial charge in [0.25, 0.3) is 5.91 Å². The van der Waals surface area contributed by atoms with Gasteiger partial charge in [-0.2, -0.15) is 18.2 Å². The van der Waals surface area contributed by atoms with E-state index < -0.39 is 37.5 Å². The molecule has 0 radical (unpaired) electrons. The molecule has 0 bridgehead atoms. The van der Waals surface area contributed by atoms with Crippen molar-refractivity contribution in [1.82, 2.24) is 34.5 Å². The number of rotatable bonds is 9. The number of halogens is 5. The third kappa shape index (κ3) is 6.55. The first-order valence-corrected chi connectivity index (χ1v) is 13.5. The van der Waals surface area contributed by atoms with Gasteiger partial charge in [-0.25, -0.2) is 13.8 Å². The van der Waals surface area contributed by atoms with Gasteiger partial charge in [-0.1, -0.05) is 18.1 Å². The maximum absolute atomic E-state index is 15.3. The number of anilines is 1. The lowest BCUT2D eigenvalue weighted by Gasteiger charge is -2.25. The van der Waals surface area contributed by atoms with Crippen molar-refractivity contribution in [3.8, 4) is 11.5 Å². The van der Waals surface area contributed by atoms with Crippen LogP contribution in [-0.4, -0.2) is 80.3 Å². The van der Waals surface area contributed by atoms with Crippen molar-refractivity contribution >= 4 is 22.5 Å². The summed E-state index contributed by atoms with van der Waals surface area (Å²) in [7, 11) is 1.93. The molecule has 42 heavy (non-hydrogen) atoms. The second-order valence-corrected chi connectivity index (χ2v) is 10.6. The summed E-state index contributed by atoms with van der Waals surface area (Å²) >= 11 is 0. The lowest BCUT2D eigenvalue weighted by Crippen LogP contribution is -2.35. The normalized spacial score (nSPS) is 20.1. The van der Waals surface area contributed by atoms with Crippen molar-refractivity contribution in [2.75, 3.05) is 32.1 Å². The van der Waals surface area contributed by atoms with Crippen molar-refractivity contribution in [2.45, 2.75) is 51.4 Å². The first-order chi connectivity index (χ1) is 20.0. The number of nitrogens with zero attached hydrogens (tertiary/aromatic N) is 6. The van der Waals surface area contributed by atoms with Crippen LogP contribution in [0.2, 0.25) is 0 Å². The predicted octanol–water partition coefficient (Wildman–Crippen LogP) is 4.44. The molecule has 1 aromatic carbocycles. The fraction of sp³-hybridized carbons (Fsp3) is 0.481. The van der Waals surface area contributed by atoms with Crippen LogP contribution in [0.25, 0.3) is 22.4 Å². The van der Waals surface area contributed by atoms with E-state index in [4.69, 9.17) is 4.52 Å². The first-order valence-electron chi connectivity index (χ1n) is 13.5. The Morgan fingerprint density at radius 1 is 1.26 bits per heavy atom. The van der Waals surface area contributed by atoms with Gasteiger partial charge in [-0.3, -0.25) is 4.79 Å². The fourth-order valence-corrected chi connectivity index (χ4v) is 5.27. The monoisotopic (exact) mass is 594 g/mol. The Hall–Kier alpha value is -4.01. The smallest absolute Gasteiger partial charge is 0.379 e. The zero-order valence-corrected chi connectivity index (χ0v) is 23.0. The quantitative estimate of drug-likeness (QED) is 0.276. The Bertz CT molecular complexity index is 1530. The van der Waals surface area contributed by atoms with Crippen LogP contribution >= 0.6 is 0 Å². The summed E-state index contributed by atoms with van der Waals surface area (Å²) in [6.45, 7) is 1.06. The Labute approximate surface area is 237 Å². The molecule has 4 aromatic rings. The van der Waals surface area contributed by atoms with E-state index >= 15 is 4.39 Å². The molecule has 0 aliphatic carbocycles. The van der Waals surface area contributed by atoms with Crippen LogP contribution < -0.4 is 10.6 Å². The zero-order valence-electron chi connectivity index (χ0n) is 23.0. The molecule has 3 aromatic heterocycles. The van der Waals surface area contributed by atoms with E-state index in [9.17, 15) is 22.4 Å². The van der Waals surface area contributed by atoms with Crippen LogP contribution in [0.3, 0.4) is 0 Å². The lowest BCUT2D eigenvalue weighted by molar-refractivity contribution is -0.139. The lowest BCUT2D eigenvalue weighted by atomic mass is 9.98. The van der Waals surface area contributed by atoms with Crippen molar-refractivity contribution in [2.24, 2.45) is 5.92 Å². The second kappa shape index (κ2) is 12.1. The van der Waals surface area contributed by atoms with Crippen LogP contribution in [0.4, 0.5) is 27.6 Å². The highest BCUT2D eigenvalue weighted by Crippen LogP contribution is 2.35. The number of aromatic nitrogens is 5. The maximum Gasteiger partial charge on any atom is 0.406 e. The number of carbonyl (C=O) groups excluding carboxylic acids is 1. The van der Waals surface area contributed by atoms with Crippen LogP contribution in [0.15, 0.2) is 41.3 Å².